The molecule has 4 heteroatoms. The van der Waals surface area contributed by atoms with Crippen molar-refractivity contribution in [1.82, 2.24) is 5.32 Å². The average molecular weight is 283 g/mol. The van der Waals surface area contributed by atoms with Crippen LogP contribution in [0.25, 0.3) is 0 Å². The standard InChI is InChI=1S/C14H17NOS.ClH/c1-12-4-6-14(7-5-12)17-10-8-15-11-13-3-2-9-16-13;/h2-7,9,15H,8,10-11H2,1H3;1H/p-1. The largest absolute Gasteiger partial charge is 1.00 e. The van der Waals surface area contributed by atoms with Gasteiger partial charge in [0.1, 0.15) is 5.76 Å². The minimum absolute atomic E-state index is 0. The van der Waals surface area contributed by atoms with Crippen molar-refractivity contribution < 1.29 is 16.8 Å². The molecule has 18 heavy (non-hydrogen) atoms. The predicted molar refractivity (Wildman–Crippen MR) is 72.3 cm³/mol. The fourth-order valence-corrected chi connectivity index (χ4v) is 2.31. The van der Waals surface area contributed by atoms with Crippen molar-refractivity contribution >= 4 is 11.8 Å². The molecule has 2 aromatic rings. The van der Waals surface area contributed by atoms with E-state index in [1.165, 1.54) is 10.5 Å². The van der Waals surface area contributed by atoms with Gasteiger partial charge in [0, 0.05) is 17.2 Å². The molecular weight excluding hydrogens is 266 g/mol. The van der Waals surface area contributed by atoms with Crippen molar-refractivity contribution in [3.63, 3.8) is 0 Å². The number of nitrogens with one attached hydrogen (secondary N) is 1. The van der Waals surface area contributed by atoms with E-state index in [1.54, 1.807) is 6.26 Å². The number of aryl methyl sites for hydroxylation is 1. The van der Waals surface area contributed by atoms with E-state index < -0.39 is 0 Å². The van der Waals surface area contributed by atoms with Crippen molar-refractivity contribution in [2.75, 3.05) is 12.3 Å². The van der Waals surface area contributed by atoms with Crippen LogP contribution in [0.15, 0.2) is 52.0 Å². The minimum Gasteiger partial charge on any atom is -1.00 e. The van der Waals surface area contributed by atoms with Crippen LogP contribution in [0, 0.1) is 6.92 Å². The van der Waals surface area contributed by atoms with Gasteiger partial charge in [-0.05, 0) is 31.2 Å². The SMILES string of the molecule is Cc1ccc(SCCNCc2ccco2)cc1.[Cl-]. The molecule has 0 aliphatic carbocycles. The van der Waals surface area contributed by atoms with E-state index in [4.69, 9.17) is 4.42 Å². The number of rotatable bonds is 6. The van der Waals surface area contributed by atoms with Gasteiger partial charge in [0.05, 0.1) is 12.8 Å². The smallest absolute Gasteiger partial charge is 0.117 e. The van der Waals surface area contributed by atoms with Gasteiger partial charge in [-0.2, -0.15) is 0 Å². The maximum atomic E-state index is 5.24. The highest BCUT2D eigenvalue weighted by Crippen LogP contribution is 2.17. The third-order valence-corrected chi connectivity index (χ3v) is 3.46. The number of hydrogen-bond acceptors (Lipinski definition) is 3. The van der Waals surface area contributed by atoms with Crippen LogP contribution in [0.2, 0.25) is 0 Å². The number of benzene rings is 1. The summed E-state index contributed by atoms with van der Waals surface area (Å²) in [5, 5.41) is 3.35. The molecule has 1 aromatic carbocycles. The minimum atomic E-state index is 0. The van der Waals surface area contributed by atoms with Crippen LogP contribution >= 0.6 is 11.8 Å². The Hall–Kier alpha value is -0.900. The van der Waals surface area contributed by atoms with Gasteiger partial charge in [0.25, 0.3) is 0 Å². The van der Waals surface area contributed by atoms with E-state index in [1.807, 2.05) is 23.9 Å². The first kappa shape index (κ1) is 15.2. The molecule has 1 N–H and O–H groups in total. The van der Waals surface area contributed by atoms with E-state index in [9.17, 15) is 0 Å². The molecule has 0 aliphatic heterocycles. The summed E-state index contributed by atoms with van der Waals surface area (Å²) in [6.07, 6.45) is 1.71. The Balaban J connectivity index is 0.00000162. The maximum absolute atomic E-state index is 5.24. The Labute approximate surface area is 119 Å². The second-order valence-electron chi connectivity index (χ2n) is 3.92. The fraction of sp³-hybridized carbons (Fsp3) is 0.286. The van der Waals surface area contributed by atoms with Gasteiger partial charge in [-0.25, -0.2) is 0 Å². The van der Waals surface area contributed by atoms with Crippen molar-refractivity contribution in [3.8, 4) is 0 Å². The van der Waals surface area contributed by atoms with E-state index in [0.717, 1.165) is 24.6 Å². The molecule has 98 valence electrons. The normalized spacial score (nSPS) is 10.1. The predicted octanol–water partition coefficient (Wildman–Crippen LogP) is 0.474. The lowest BCUT2D eigenvalue weighted by Crippen LogP contribution is -3.00. The van der Waals surface area contributed by atoms with E-state index >= 15 is 0 Å². The number of hydrogen-bond donors (Lipinski definition) is 1. The average Bonchev–Trinajstić information content (AvgIpc) is 2.84. The fourth-order valence-electron chi connectivity index (χ4n) is 1.50. The summed E-state index contributed by atoms with van der Waals surface area (Å²) in [5.41, 5.74) is 1.31. The Morgan fingerprint density at radius 2 is 1.94 bits per heavy atom. The molecule has 0 aliphatic rings. The lowest BCUT2D eigenvalue weighted by Gasteiger charge is -2.03. The topological polar surface area (TPSA) is 25.2 Å². The highest BCUT2D eigenvalue weighted by Gasteiger charge is 1.96. The molecule has 1 aromatic heterocycles. The molecule has 2 nitrogen and oxygen atoms in total. The maximum Gasteiger partial charge on any atom is 0.117 e. The van der Waals surface area contributed by atoms with Crippen LogP contribution in [0.1, 0.15) is 11.3 Å². The third-order valence-electron chi connectivity index (χ3n) is 2.45. The monoisotopic (exact) mass is 282 g/mol. The van der Waals surface area contributed by atoms with Gasteiger partial charge in [-0.15, -0.1) is 11.8 Å². The zero-order valence-corrected chi connectivity index (χ0v) is 11.9. The van der Waals surface area contributed by atoms with Crippen LogP contribution in [-0.2, 0) is 6.54 Å². The molecule has 0 fully saturated rings. The van der Waals surface area contributed by atoms with Crippen molar-refractivity contribution in [2.24, 2.45) is 0 Å². The van der Waals surface area contributed by atoms with Gasteiger partial charge in [0.2, 0.25) is 0 Å². The number of thioether (sulfide) groups is 1. The van der Waals surface area contributed by atoms with Crippen molar-refractivity contribution in [2.45, 2.75) is 18.4 Å². The van der Waals surface area contributed by atoms with E-state index in [-0.39, 0.29) is 12.4 Å². The Kier molecular flexibility index (Phi) is 6.94. The molecule has 0 radical (unpaired) electrons. The molecule has 2 rings (SSSR count). The first-order chi connectivity index (χ1) is 8.34. The van der Waals surface area contributed by atoms with Crippen LogP contribution in [0.5, 0.6) is 0 Å². The molecule has 0 saturated carbocycles. The van der Waals surface area contributed by atoms with Crippen LogP contribution in [0.3, 0.4) is 0 Å². The summed E-state index contributed by atoms with van der Waals surface area (Å²) < 4.78 is 5.24. The highest BCUT2D eigenvalue weighted by atomic mass is 35.5. The summed E-state index contributed by atoms with van der Waals surface area (Å²) >= 11 is 1.87. The van der Waals surface area contributed by atoms with Gasteiger partial charge < -0.3 is 22.1 Å². The molecule has 0 atom stereocenters. The van der Waals surface area contributed by atoms with E-state index in [2.05, 4.69) is 36.5 Å². The number of halogens is 1. The summed E-state index contributed by atoms with van der Waals surface area (Å²) in [6.45, 7) is 3.90. The van der Waals surface area contributed by atoms with Gasteiger partial charge >= 0.3 is 0 Å². The Morgan fingerprint density at radius 1 is 1.17 bits per heavy atom. The summed E-state index contributed by atoms with van der Waals surface area (Å²) in [7, 11) is 0. The van der Waals surface area contributed by atoms with Crippen LogP contribution < -0.4 is 17.7 Å². The van der Waals surface area contributed by atoms with Gasteiger partial charge in [-0.3, -0.25) is 0 Å². The van der Waals surface area contributed by atoms with Crippen molar-refractivity contribution in [3.05, 3.63) is 54.0 Å². The van der Waals surface area contributed by atoms with E-state index in [0.29, 0.717) is 0 Å². The van der Waals surface area contributed by atoms with Crippen molar-refractivity contribution in [1.29, 1.82) is 0 Å². The molecule has 0 spiro atoms. The molecule has 0 bridgehead atoms. The molecule has 0 amide bonds. The van der Waals surface area contributed by atoms with Gasteiger partial charge in [-0.1, -0.05) is 17.7 Å². The molecule has 0 unspecified atom stereocenters. The van der Waals surface area contributed by atoms with Gasteiger partial charge in [0.15, 0.2) is 0 Å². The second kappa shape index (κ2) is 8.25. The molecule has 1 heterocycles. The Morgan fingerprint density at radius 3 is 2.61 bits per heavy atom. The summed E-state index contributed by atoms with van der Waals surface area (Å²) in [4.78, 5) is 1.33. The first-order valence-corrected chi connectivity index (χ1v) is 6.76. The highest BCUT2D eigenvalue weighted by molar-refractivity contribution is 7.99. The first-order valence-electron chi connectivity index (χ1n) is 5.77. The molecule has 0 saturated heterocycles. The summed E-state index contributed by atoms with van der Waals surface area (Å²) in [6, 6.07) is 12.6. The third kappa shape index (κ3) is 5.17. The zero-order chi connectivity index (χ0) is 11.9. The number of furan rings is 1. The Bertz CT molecular complexity index is 428. The van der Waals surface area contributed by atoms with Crippen LogP contribution in [-0.4, -0.2) is 12.3 Å². The molecular formula is C14H17ClNOS-. The second-order valence-corrected chi connectivity index (χ2v) is 5.09. The zero-order valence-electron chi connectivity index (χ0n) is 10.4. The lowest BCUT2D eigenvalue weighted by atomic mass is 10.2. The van der Waals surface area contributed by atoms with Crippen LogP contribution in [0.4, 0.5) is 0 Å². The lowest BCUT2D eigenvalue weighted by molar-refractivity contribution is -0.00000401. The summed E-state index contributed by atoms with van der Waals surface area (Å²) in [5.74, 6) is 2.06. The quantitative estimate of drug-likeness (QED) is 0.616.